The minimum Gasteiger partial charge on any atom is -0.478 e. The van der Waals surface area contributed by atoms with E-state index < -0.39 is 22.0 Å². The van der Waals surface area contributed by atoms with Gasteiger partial charge in [-0.25, -0.2) is 13.2 Å². The third-order valence-electron chi connectivity index (χ3n) is 3.20. The normalized spacial score (nSPS) is 13.6. The first-order chi connectivity index (χ1) is 9.68. The predicted octanol–water partition coefficient (Wildman–Crippen LogP) is 1.64. The van der Waals surface area contributed by atoms with E-state index in [2.05, 4.69) is 0 Å². The van der Waals surface area contributed by atoms with Gasteiger partial charge in [0.1, 0.15) is 22.0 Å². The fourth-order valence-corrected chi connectivity index (χ4v) is 4.38. The number of carboxylic acid groups (broad SMARTS) is 1. The highest BCUT2D eigenvalue weighted by Gasteiger charge is 2.36. The molecule has 1 heterocycles. The molecule has 1 unspecified atom stereocenters. The minimum atomic E-state index is -3.98. The smallest absolute Gasteiger partial charge is 0.340 e. The van der Waals surface area contributed by atoms with E-state index in [4.69, 9.17) is 9.15 Å². The van der Waals surface area contributed by atoms with E-state index in [1.54, 1.807) is 13.8 Å². The van der Waals surface area contributed by atoms with Crippen molar-refractivity contribution in [2.75, 3.05) is 20.3 Å². The summed E-state index contributed by atoms with van der Waals surface area (Å²) in [4.78, 5) is 11.1. The van der Waals surface area contributed by atoms with Crippen LogP contribution in [0.5, 0.6) is 0 Å². The molecule has 1 aromatic heterocycles. The molecular weight excluding hydrogens is 298 g/mol. The van der Waals surface area contributed by atoms with Crippen LogP contribution in [-0.2, 0) is 14.8 Å². The number of hydrogen-bond donors (Lipinski definition) is 1. The molecule has 0 bridgehead atoms. The molecule has 8 heteroatoms. The molecule has 0 aliphatic rings. The van der Waals surface area contributed by atoms with Crippen LogP contribution in [0, 0.1) is 13.8 Å². The first kappa shape index (κ1) is 17.7. The van der Waals surface area contributed by atoms with E-state index in [0.29, 0.717) is 0 Å². The molecule has 1 rings (SSSR count). The van der Waals surface area contributed by atoms with Gasteiger partial charge in [-0.3, -0.25) is 0 Å². The van der Waals surface area contributed by atoms with E-state index in [-0.39, 0.29) is 35.1 Å². The van der Waals surface area contributed by atoms with Gasteiger partial charge in [-0.2, -0.15) is 4.31 Å². The van der Waals surface area contributed by atoms with Gasteiger partial charge in [0, 0.05) is 19.7 Å². The van der Waals surface area contributed by atoms with Crippen LogP contribution in [0.4, 0.5) is 0 Å². The molecule has 0 saturated carbocycles. The van der Waals surface area contributed by atoms with Crippen LogP contribution >= 0.6 is 0 Å². The summed E-state index contributed by atoms with van der Waals surface area (Å²) in [7, 11) is -2.50. The maximum Gasteiger partial charge on any atom is 0.340 e. The Hall–Kier alpha value is -1.38. The zero-order valence-electron chi connectivity index (χ0n) is 12.8. The van der Waals surface area contributed by atoms with Gasteiger partial charge < -0.3 is 14.3 Å². The maximum absolute atomic E-state index is 12.8. The van der Waals surface area contributed by atoms with Crippen LogP contribution in [-0.4, -0.2) is 50.1 Å². The number of furan rings is 1. The highest BCUT2D eigenvalue weighted by atomic mass is 32.2. The second-order valence-corrected chi connectivity index (χ2v) is 6.56. The van der Waals surface area contributed by atoms with Crippen LogP contribution in [0.15, 0.2) is 9.31 Å². The molecule has 21 heavy (non-hydrogen) atoms. The lowest BCUT2D eigenvalue weighted by molar-refractivity contribution is 0.0691. The summed E-state index contributed by atoms with van der Waals surface area (Å²) in [5, 5.41) is 9.25. The molecule has 7 nitrogen and oxygen atoms in total. The molecular formula is C13H21NO6S. The Morgan fingerprint density at radius 2 is 1.95 bits per heavy atom. The first-order valence-electron chi connectivity index (χ1n) is 6.52. The standard InChI is InChI=1S/C13H21NO6S/c1-6-14(8(2)7-19-5)21(17,18)12-10(4)20-9(3)11(12)13(15)16/h8H,6-7H2,1-5H3,(H,15,16). The highest BCUT2D eigenvalue weighted by molar-refractivity contribution is 7.89. The average molecular weight is 319 g/mol. The summed E-state index contributed by atoms with van der Waals surface area (Å²) in [6.45, 7) is 6.69. The van der Waals surface area contributed by atoms with Gasteiger partial charge in [0.05, 0.1) is 6.61 Å². The molecule has 120 valence electrons. The van der Waals surface area contributed by atoms with Crippen molar-refractivity contribution < 1.29 is 27.5 Å². The van der Waals surface area contributed by atoms with Gasteiger partial charge in [0.15, 0.2) is 0 Å². The summed E-state index contributed by atoms with van der Waals surface area (Å²) < 4.78 is 37.0. The Kier molecular flexibility index (Phi) is 5.54. The number of nitrogens with zero attached hydrogens (tertiary/aromatic N) is 1. The van der Waals surface area contributed by atoms with Crippen molar-refractivity contribution in [3.8, 4) is 0 Å². The van der Waals surface area contributed by atoms with Crippen molar-refractivity contribution in [3.63, 3.8) is 0 Å². The molecule has 0 spiro atoms. The summed E-state index contributed by atoms with van der Waals surface area (Å²) in [5.74, 6) is -1.17. The SMILES string of the molecule is CCN(C(C)COC)S(=O)(=O)c1c(C)oc(C)c1C(=O)O. The number of rotatable bonds is 7. The van der Waals surface area contributed by atoms with E-state index in [1.165, 1.54) is 25.3 Å². The fourth-order valence-electron chi connectivity index (χ4n) is 2.38. The summed E-state index contributed by atoms with van der Waals surface area (Å²) in [6.07, 6.45) is 0. The molecule has 0 aliphatic carbocycles. The van der Waals surface area contributed by atoms with Crippen molar-refractivity contribution in [3.05, 3.63) is 17.1 Å². The van der Waals surface area contributed by atoms with Crippen molar-refractivity contribution in [1.82, 2.24) is 4.31 Å². The van der Waals surface area contributed by atoms with E-state index in [1.807, 2.05) is 0 Å². The number of hydrogen-bond acceptors (Lipinski definition) is 5. The number of aromatic carboxylic acids is 1. The lowest BCUT2D eigenvalue weighted by atomic mass is 10.2. The summed E-state index contributed by atoms with van der Waals surface area (Å²) in [5.41, 5.74) is -0.310. The summed E-state index contributed by atoms with van der Waals surface area (Å²) in [6, 6.07) is -0.416. The van der Waals surface area contributed by atoms with Gasteiger partial charge in [-0.15, -0.1) is 0 Å². The van der Waals surface area contributed by atoms with E-state index in [9.17, 15) is 18.3 Å². The van der Waals surface area contributed by atoms with Gasteiger partial charge >= 0.3 is 5.97 Å². The number of ether oxygens (including phenoxy) is 1. The van der Waals surface area contributed by atoms with Crippen molar-refractivity contribution in [1.29, 1.82) is 0 Å². The predicted molar refractivity (Wildman–Crippen MR) is 76.0 cm³/mol. The Balaban J connectivity index is 3.46. The first-order valence-corrected chi connectivity index (χ1v) is 7.96. The van der Waals surface area contributed by atoms with Gasteiger partial charge in [0.25, 0.3) is 0 Å². The van der Waals surface area contributed by atoms with E-state index in [0.717, 1.165) is 0 Å². The molecule has 0 amide bonds. The number of carbonyl (C=O) groups is 1. The number of likely N-dealkylation sites (N-methyl/N-ethyl adjacent to an activating group) is 1. The number of carboxylic acids is 1. The molecule has 0 aliphatic heterocycles. The number of methoxy groups -OCH3 is 1. The minimum absolute atomic E-state index is 0.0768. The molecule has 0 radical (unpaired) electrons. The van der Waals surface area contributed by atoms with Gasteiger partial charge in [0.2, 0.25) is 10.0 Å². The van der Waals surface area contributed by atoms with Crippen LogP contribution in [0.2, 0.25) is 0 Å². The number of sulfonamides is 1. The zero-order valence-corrected chi connectivity index (χ0v) is 13.7. The van der Waals surface area contributed by atoms with E-state index >= 15 is 0 Å². The van der Waals surface area contributed by atoms with Crippen LogP contribution in [0.3, 0.4) is 0 Å². The van der Waals surface area contributed by atoms with Crippen molar-refractivity contribution in [2.24, 2.45) is 0 Å². The lowest BCUT2D eigenvalue weighted by Crippen LogP contribution is -2.41. The summed E-state index contributed by atoms with van der Waals surface area (Å²) >= 11 is 0. The molecule has 0 fully saturated rings. The molecule has 1 aromatic rings. The van der Waals surface area contributed by atoms with Crippen LogP contribution in [0.1, 0.15) is 35.7 Å². The van der Waals surface area contributed by atoms with Crippen LogP contribution < -0.4 is 0 Å². The monoisotopic (exact) mass is 319 g/mol. The topological polar surface area (TPSA) is 97.0 Å². The average Bonchev–Trinajstić information content (AvgIpc) is 2.65. The maximum atomic E-state index is 12.8. The Morgan fingerprint density at radius 1 is 1.38 bits per heavy atom. The fraction of sp³-hybridized carbons (Fsp3) is 0.615. The van der Waals surface area contributed by atoms with Crippen LogP contribution in [0.25, 0.3) is 0 Å². The van der Waals surface area contributed by atoms with Crippen molar-refractivity contribution >= 4 is 16.0 Å². The molecule has 1 atom stereocenters. The Labute approximate surface area is 124 Å². The third-order valence-corrected chi connectivity index (χ3v) is 5.44. The highest BCUT2D eigenvalue weighted by Crippen LogP contribution is 2.30. The van der Waals surface area contributed by atoms with Crippen molar-refractivity contribution in [2.45, 2.75) is 38.6 Å². The quantitative estimate of drug-likeness (QED) is 0.820. The molecule has 0 saturated heterocycles. The largest absolute Gasteiger partial charge is 0.478 e. The molecule has 0 aromatic carbocycles. The van der Waals surface area contributed by atoms with Gasteiger partial charge in [-0.05, 0) is 20.8 Å². The Bertz CT molecular complexity index is 619. The molecule has 1 N–H and O–H groups in total. The zero-order chi connectivity index (χ0) is 16.4. The second kappa shape index (κ2) is 6.59. The third kappa shape index (κ3) is 3.28. The van der Waals surface area contributed by atoms with Gasteiger partial charge in [-0.1, -0.05) is 6.92 Å². The Morgan fingerprint density at radius 3 is 2.38 bits per heavy atom. The number of aryl methyl sites for hydroxylation is 2. The lowest BCUT2D eigenvalue weighted by Gasteiger charge is -2.26. The second-order valence-electron chi connectivity index (χ2n) is 4.74.